The van der Waals surface area contributed by atoms with Crippen molar-refractivity contribution in [3.05, 3.63) is 90.2 Å². The Morgan fingerprint density at radius 2 is 1.28 bits per heavy atom. The van der Waals surface area contributed by atoms with Crippen LogP contribution in [-0.4, -0.2) is 11.9 Å². The van der Waals surface area contributed by atoms with Gasteiger partial charge in [0, 0.05) is 23.0 Å². The Hall–Kier alpha value is -3.67. The largest absolute Gasteiger partial charge is 0.326 e. The molecular weight excluding hydrogens is 369 g/mol. The molecule has 0 bridgehead atoms. The number of hydrogen-bond acceptors (Lipinski definition) is 2. The first-order valence-electron chi connectivity index (χ1n) is 9.38. The predicted molar refractivity (Wildman–Crippen MR) is 111 cm³/mol. The van der Waals surface area contributed by atoms with Gasteiger partial charge in [0.1, 0.15) is 5.82 Å². The Morgan fingerprint density at radius 3 is 1.90 bits per heavy atom. The van der Waals surface area contributed by atoms with Crippen molar-refractivity contribution in [1.82, 2.24) is 0 Å². The molecule has 1 fully saturated rings. The van der Waals surface area contributed by atoms with Crippen molar-refractivity contribution in [2.75, 3.05) is 16.0 Å². The highest BCUT2D eigenvalue weighted by atomic mass is 19.1. The van der Waals surface area contributed by atoms with Crippen molar-refractivity contribution in [3.63, 3.8) is 0 Å². The average molecular weight is 389 g/mol. The van der Waals surface area contributed by atoms with Crippen LogP contribution in [0.2, 0.25) is 0 Å². The summed E-state index contributed by atoms with van der Waals surface area (Å²) in [5.74, 6) is -0.295. The van der Waals surface area contributed by atoms with Crippen LogP contribution in [-0.2, 0) is 4.79 Å². The summed E-state index contributed by atoms with van der Waals surface area (Å²) in [6.07, 6.45) is 0.761. The maximum Gasteiger partial charge on any atom is 0.323 e. The molecule has 4 rings (SSSR count). The lowest BCUT2D eigenvalue weighted by Gasteiger charge is -2.09. The van der Waals surface area contributed by atoms with E-state index in [0.717, 1.165) is 12.0 Å². The molecular formula is C23H20FN3O2. The molecule has 1 aliphatic rings. The van der Waals surface area contributed by atoms with Crippen LogP contribution < -0.4 is 16.0 Å². The summed E-state index contributed by atoms with van der Waals surface area (Å²) in [5.41, 5.74) is 2.96. The number of para-hydroxylation sites is 1. The van der Waals surface area contributed by atoms with E-state index in [9.17, 15) is 14.0 Å². The highest BCUT2D eigenvalue weighted by Crippen LogP contribution is 2.48. The van der Waals surface area contributed by atoms with Crippen LogP contribution in [0.25, 0.3) is 0 Å². The number of hydrogen-bond donors (Lipinski definition) is 3. The summed E-state index contributed by atoms with van der Waals surface area (Å²) < 4.78 is 13.0. The smallest absolute Gasteiger partial charge is 0.323 e. The summed E-state index contributed by atoms with van der Waals surface area (Å²) in [6.45, 7) is 0. The second-order valence-electron chi connectivity index (χ2n) is 7.01. The van der Waals surface area contributed by atoms with Gasteiger partial charge in [0.2, 0.25) is 5.91 Å². The molecule has 0 saturated heterocycles. The Morgan fingerprint density at radius 1 is 0.724 bits per heavy atom. The van der Waals surface area contributed by atoms with Gasteiger partial charge in [-0.25, -0.2) is 9.18 Å². The minimum absolute atomic E-state index is 0.0538. The maximum atomic E-state index is 13.0. The van der Waals surface area contributed by atoms with Gasteiger partial charge in [0.05, 0.1) is 0 Å². The Balaban J connectivity index is 1.29. The first-order chi connectivity index (χ1) is 14.1. The molecule has 0 aromatic heterocycles. The van der Waals surface area contributed by atoms with Gasteiger partial charge in [-0.15, -0.1) is 0 Å². The molecule has 3 amide bonds. The number of anilines is 3. The quantitative estimate of drug-likeness (QED) is 0.560. The number of benzene rings is 3. The third kappa shape index (κ3) is 4.79. The average Bonchev–Trinajstić information content (AvgIpc) is 3.52. The zero-order valence-electron chi connectivity index (χ0n) is 15.6. The van der Waals surface area contributed by atoms with Crippen LogP contribution in [0.4, 0.5) is 26.2 Å². The van der Waals surface area contributed by atoms with Gasteiger partial charge >= 0.3 is 6.03 Å². The van der Waals surface area contributed by atoms with Gasteiger partial charge in [-0.05, 0) is 66.4 Å². The van der Waals surface area contributed by atoms with Crippen molar-refractivity contribution < 1.29 is 14.0 Å². The molecule has 29 heavy (non-hydrogen) atoms. The fourth-order valence-corrected chi connectivity index (χ4v) is 3.25. The van der Waals surface area contributed by atoms with Crippen molar-refractivity contribution >= 4 is 29.0 Å². The van der Waals surface area contributed by atoms with E-state index in [1.807, 2.05) is 18.2 Å². The highest BCUT2D eigenvalue weighted by molar-refractivity contribution is 6.00. The molecule has 0 radical (unpaired) electrons. The van der Waals surface area contributed by atoms with Gasteiger partial charge in [0.15, 0.2) is 0 Å². The van der Waals surface area contributed by atoms with E-state index >= 15 is 0 Å². The zero-order valence-corrected chi connectivity index (χ0v) is 15.6. The molecule has 0 spiro atoms. The normalized spacial score (nSPS) is 17.3. The van der Waals surface area contributed by atoms with Gasteiger partial charge in [-0.1, -0.05) is 30.3 Å². The lowest BCUT2D eigenvalue weighted by Crippen LogP contribution is -2.19. The van der Waals surface area contributed by atoms with Gasteiger partial charge in [-0.3, -0.25) is 4.79 Å². The SMILES string of the molecule is O=C(Nc1ccccc1)Nc1ccc(NC(=O)C2CC2c2ccc(F)cc2)cc1. The summed E-state index contributed by atoms with van der Waals surface area (Å²) in [6, 6.07) is 22.1. The van der Waals surface area contributed by atoms with E-state index in [1.54, 1.807) is 48.5 Å². The van der Waals surface area contributed by atoms with Crippen LogP contribution in [0.3, 0.4) is 0 Å². The van der Waals surface area contributed by atoms with E-state index < -0.39 is 0 Å². The number of urea groups is 1. The van der Waals surface area contributed by atoms with Crippen LogP contribution in [0.15, 0.2) is 78.9 Å². The zero-order chi connectivity index (χ0) is 20.2. The third-order valence-electron chi connectivity index (χ3n) is 4.87. The van der Waals surface area contributed by atoms with Crippen LogP contribution in [0.5, 0.6) is 0 Å². The fraction of sp³-hybridized carbons (Fsp3) is 0.130. The minimum atomic E-state index is -0.340. The second-order valence-corrected chi connectivity index (χ2v) is 7.01. The molecule has 3 N–H and O–H groups in total. The third-order valence-corrected chi connectivity index (χ3v) is 4.87. The molecule has 0 aliphatic heterocycles. The number of amides is 3. The summed E-state index contributed by atoms with van der Waals surface area (Å²) >= 11 is 0. The molecule has 5 nitrogen and oxygen atoms in total. The monoisotopic (exact) mass is 389 g/mol. The molecule has 2 atom stereocenters. The van der Waals surface area contributed by atoms with Gasteiger partial charge < -0.3 is 16.0 Å². The Kier molecular flexibility index (Phi) is 5.24. The lowest BCUT2D eigenvalue weighted by atomic mass is 10.1. The van der Waals surface area contributed by atoms with Crippen molar-refractivity contribution in [2.45, 2.75) is 12.3 Å². The summed E-state index contributed by atoms with van der Waals surface area (Å²) in [4.78, 5) is 24.4. The number of nitrogens with one attached hydrogen (secondary N) is 3. The van der Waals surface area contributed by atoms with Crippen LogP contribution in [0, 0.1) is 11.7 Å². The lowest BCUT2D eigenvalue weighted by molar-refractivity contribution is -0.117. The number of carbonyl (C=O) groups is 2. The fourth-order valence-electron chi connectivity index (χ4n) is 3.25. The molecule has 146 valence electrons. The number of carbonyl (C=O) groups excluding carboxylic acids is 2. The van der Waals surface area contributed by atoms with Crippen molar-refractivity contribution in [2.24, 2.45) is 5.92 Å². The van der Waals surface area contributed by atoms with Crippen molar-refractivity contribution in [3.8, 4) is 0 Å². The summed E-state index contributed by atoms with van der Waals surface area (Å²) in [5, 5.41) is 8.38. The van der Waals surface area contributed by atoms with E-state index in [2.05, 4.69) is 16.0 Å². The molecule has 3 aromatic rings. The molecule has 3 aromatic carbocycles. The molecule has 2 unspecified atom stereocenters. The summed E-state index contributed by atoms with van der Waals surface area (Å²) in [7, 11) is 0. The Bertz CT molecular complexity index is 1000. The standard InChI is InChI=1S/C23H20FN3O2/c24-16-8-6-15(7-9-16)20-14-21(20)22(28)25-18-10-12-19(13-11-18)27-23(29)26-17-4-2-1-3-5-17/h1-13,20-21H,14H2,(H,25,28)(H2,26,27,29). The maximum absolute atomic E-state index is 13.0. The molecule has 6 heteroatoms. The highest BCUT2D eigenvalue weighted by Gasteiger charge is 2.43. The molecule has 1 aliphatic carbocycles. The first kappa shape index (κ1) is 18.7. The van der Waals surface area contributed by atoms with Crippen LogP contribution >= 0.6 is 0 Å². The predicted octanol–water partition coefficient (Wildman–Crippen LogP) is 5.21. The second kappa shape index (κ2) is 8.14. The van der Waals surface area contributed by atoms with E-state index in [4.69, 9.17) is 0 Å². The first-order valence-corrected chi connectivity index (χ1v) is 9.38. The van der Waals surface area contributed by atoms with Gasteiger partial charge in [0.25, 0.3) is 0 Å². The number of rotatable bonds is 5. The molecule has 1 saturated carbocycles. The van der Waals surface area contributed by atoms with E-state index in [1.165, 1.54) is 12.1 Å². The van der Waals surface area contributed by atoms with E-state index in [0.29, 0.717) is 17.1 Å². The van der Waals surface area contributed by atoms with E-state index in [-0.39, 0.29) is 29.6 Å². The number of halogens is 1. The minimum Gasteiger partial charge on any atom is -0.326 e. The van der Waals surface area contributed by atoms with Crippen molar-refractivity contribution in [1.29, 1.82) is 0 Å². The van der Waals surface area contributed by atoms with Crippen LogP contribution in [0.1, 0.15) is 17.9 Å². The topological polar surface area (TPSA) is 70.2 Å². The van der Waals surface area contributed by atoms with Gasteiger partial charge in [-0.2, -0.15) is 0 Å². The Labute approximate surface area is 168 Å². The molecule has 0 heterocycles.